The fourth-order valence-electron chi connectivity index (χ4n) is 1.18. The molecule has 0 bridgehead atoms. The Morgan fingerprint density at radius 1 is 1.33 bits per heavy atom. The summed E-state index contributed by atoms with van der Waals surface area (Å²) in [6.07, 6.45) is -3.36. The maximum absolute atomic E-state index is 12.5. The Balaban J connectivity index is 2.84. The van der Waals surface area contributed by atoms with Gasteiger partial charge in [0.2, 0.25) is 5.28 Å². The number of nitrogens with zero attached hydrogens (tertiary/aromatic N) is 4. The van der Waals surface area contributed by atoms with Crippen molar-refractivity contribution in [2.75, 3.05) is 0 Å². The molecule has 15 heavy (non-hydrogen) atoms. The van der Waals surface area contributed by atoms with Crippen molar-refractivity contribution in [3.63, 3.8) is 0 Å². The minimum atomic E-state index is -4.58. The Hall–Kier alpha value is -1.37. The van der Waals surface area contributed by atoms with Gasteiger partial charge in [-0.1, -0.05) is 0 Å². The van der Waals surface area contributed by atoms with Crippen LogP contribution < -0.4 is 0 Å². The molecular weight excluding hydrogens is 233 g/mol. The highest BCUT2D eigenvalue weighted by atomic mass is 35.5. The molecule has 2 rings (SSSR count). The maximum atomic E-state index is 12.5. The topological polar surface area (TPSA) is 43.6 Å². The van der Waals surface area contributed by atoms with Crippen molar-refractivity contribution in [3.8, 4) is 0 Å². The van der Waals surface area contributed by atoms with Gasteiger partial charge < -0.3 is 4.57 Å². The summed E-state index contributed by atoms with van der Waals surface area (Å²) >= 11 is 5.40. The van der Waals surface area contributed by atoms with Crippen LogP contribution in [-0.2, 0) is 13.2 Å². The average Bonchev–Trinajstić information content (AvgIpc) is 2.45. The predicted octanol–water partition coefficient (Wildman–Crippen LogP) is 2.04. The third kappa shape index (κ3) is 1.63. The van der Waals surface area contributed by atoms with Gasteiger partial charge in [-0.05, 0) is 11.6 Å². The molecule has 0 fully saturated rings. The Kier molecular flexibility index (Phi) is 2.07. The summed E-state index contributed by atoms with van der Waals surface area (Å²) in [6, 6.07) is 0. The monoisotopic (exact) mass is 236 g/mol. The molecule has 2 aromatic rings. The quantitative estimate of drug-likeness (QED) is 0.658. The molecule has 0 saturated carbocycles. The van der Waals surface area contributed by atoms with Crippen LogP contribution in [0.15, 0.2) is 6.33 Å². The van der Waals surface area contributed by atoms with Crippen LogP contribution in [0.5, 0.6) is 0 Å². The predicted molar refractivity (Wildman–Crippen MR) is 46.3 cm³/mol. The molecule has 80 valence electrons. The van der Waals surface area contributed by atoms with Crippen LogP contribution in [0.3, 0.4) is 0 Å². The van der Waals surface area contributed by atoms with Crippen molar-refractivity contribution < 1.29 is 13.2 Å². The molecule has 0 amide bonds. The van der Waals surface area contributed by atoms with E-state index in [1.54, 1.807) is 0 Å². The van der Waals surface area contributed by atoms with E-state index in [9.17, 15) is 13.2 Å². The Morgan fingerprint density at radius 2 is 2.00 bits per heavy atom. The van der Waals surface area contributed by atoms with E-state index in [2.05, 4.69) is 15.0 Å². The van der Waals surface area contributed by atoms with E-state index in [1.165, 1.54) is 17.9 Å². The third-order valence-electron chi connectivity index (χ3n) is 1.80. The van der Waals surface area contributed by atoms with Crippen LogP contribution in [0, 0.1) is 0 Å². The molecule has 0 radical (unpaired) electrons. The van der Waals surface area contributed by atoms with Gasteiger partial charge in [0.1, 0.15) is 5.52 Å². The maximum Gasteiger partial charge on any atom is 0.435 e. The lowest BCUT2D eigenvalue weighted by Gasteiger charge is -2.05. The number of imidazole rings is 1. The summed E-state index contributed by atoms with van der Waals surface area (Å²) in [7, 11) is 1.53. The second kappa shape index (κ2) is 3.06. The number of hydrogen-bond donors (Lipinski definition) is 0. The number of hydrogen-bond acceptors (Lipinski definition) is 3. The highest BCUT2D eigenvalue weighted by Crippen LogP contribution is 2.32. The third-order valence-corrected chi connectivity index (χ3v) is 1.97. The Morgan fingerprint density at radius 3 is 2.60 bits per heavy atom. The molecule has 2 heterocycles. The summed E-state index contributed by atoms with van der Waals surface area (Å²) in [4.78, 5) is 10.4. The minimum Gasteiger partial charge on any atom is -0.318 e. The molecule has 0 saturated heterocycles. The molecule has 8 heteroatoms. The number of aryl methyl sites for hydroxylation is 1. The van der Waals surface area contributed by atoms with Crippen LogP contribution >= 0.6 is 11.6 Å². The molecule has 0 aliphatic carbocycles. The van der Waals surface area contributed by atoms with E-state index in [0.717, 1.165) is 0 Å². The van der Waals surface area contributed by atoms with Gasteiger partial charge in [-0.3, -0.25) is 0 Å². The molecule has 0 aliphatic heterocycles. The number of alkyl halides is 3. The molecule has 0 aliphatic rings. The number of fused-ring (bicyclic) bond motifs is 1. The lowest BCUT2D eigenvalue weighted by molar-refractivity contribution is -0.139. The second-order valence-electron chi connectivity index (χ2n) is 2.87. The first-order valence-electron chi connectivity index (χ1n) is 3.81. The molecule has 0 unspecified atom stereocenters. The second-order valence-corrected chi connectivity index (χ2v) is 3.20. The van der Waals surface area contributed by atoms with Crippen molar-refractivity contribution in [1.29, 1.82) is 0 Å². The molecular formula is C7H4ClF3N4. The normalized spacial score (nSPS) is 12.3. The van der Waals surface area contributed by atoms with Gasteiger partial charge in [0, 0.05) is 7.05 Å². The lowest BCUT2D eigenvalue weighted by atomic mass is 10.3. The molecule has 4 nitrogen and oxygen atoms in total. The zero-order valence-corrected chi connectivity index (χ0v) is 8.13. The van der Waals surface area contributed by atoms with E-state index in [0.29, 0.717) is 0 Å². The first-order valence-corrected chi connectivity index (χ1v) is 4.19. The first-order chi connectivity index (χ1) is 6.89. The number of rotatable bonds is 0. The Bertz CT molecular complexity index is 519. The SMILES string of the molecule is Cn1cnc2c(C(F)(F)F)nc(Cl)nc21. The van der Waals surface area contributed by atoms with Gasteiger partial charge in [0.25, 0.3) is 0 Å². The summed E-state index contributed by atoms with van der Waals surface area (Å²) in [6.45, 7) is 0. The van der Waals surface area contributed by atoms with Gasteiger partial charge in [-0.25, -0.2) is 9.97 Å². The van der Waals surface area contributed by atoms with Gasteiger partial charge in [-0.15, -0.1) is 0 Å². The van der Waals surface area contributed by atoms with Crippen LogP contribution in [0.25, 0.3) is 11.2 Å². The summed E-state index contributed by atoms with van der Waals surface area (Å²) in [5, 5.41) is -0.446. The number of halogens is 4. The fraction of sp³-hybridized carbons (Fsp3) is 0.286. The zero-order chi connectivity index (χ0) is 11.2. The van der Waals surface area contributed by atoms with E-state index >= 15 is 0 Å². The van der Waals surface area contributed by atoms with Crippen LogP contribution in [0.1, 0.15) is 5.69 Å². The first kappa shape index (κ1) is 10.2. The van der Waals surface area contributed by atoms with Crippen molar-refractivity contribution in [2.45, 2.75) is 6.18 Å². The summed E-state index contributed by atoms with van der Waals surface area (Å²) in [5.41, 5.74) is -1.35. The molecule has 0 atom stereocenters. The minimum absolute atomic E-state index is 0.0577. The molecule has 0 aromatic carbocycles. The lowest BCUT2D eigenvalue weighted by Crippen LogP contribution is -2.10. The van der Waals surface area contributed by atoms with Crippen molar-refractivity contribution in [3.05, 3.63) is 17.3 Å². The fourth-order valence-corrected chi connectivity index (χ4v) is 1.34. The van der Waals surface area contributed by atoms with Gasteiger partial charge in [0.05, 0.1) is 6.33 Å². The van der Waals surface area contributed by atoms with E-state index in [1.807, 2.05) is 0 Å². The highest BCUT2D eigenvalue weighted by molar-refractivity contribution is 6.28. The molecule has 2 aromatic heterocycles. The van der Waals surface area contributed by atoms with E-state index in [4.69, 9.17) is 11.6 Å². The van der Waals surface area contributed by atoms with Crippen molar-refractivity contribution in [1.82, 2.24) is 19.5 Å². The van der Waals surface area contributed by atoms with E-state index in [-0.39, 0.29) is 11.2 Å². The van der Waals surface area contributed by atoms with Crippen LogP contribution in [0.4, 0.5) is 13.2 Å². The highest BCUT2D eigenvalue weighted by Gasteiger charge is 2.36. The van der Waals surface area contributed by atoms with E-state index < -0.39 is 17.2 Å². The van der Waals surface area contributed by atoms with Crippen LogP contribution in [-0.4, -0.2) is 19.5 Å². The van der Waals surface area contributed by atoms with Gasteiger partial charge in [-0.2, -0.15) is 18.2 Å². The van der Waals surface area contributed by atoms with Crippen molar-refractivity contribution >= 4 is 22.8 Å². The van der Waals surface area contributed by atoms with Gasteiger partial charge >= 0.3 is 6.18 Å². The largest absolute Gasteiger partial charge is 0.435 e. The van der Waals surface area contributed by atoms with Gasteiger partial charge in [0.15, 0.2) is 11.3 Å². The number of aromatic nitrogens is 4. The average molecular weight is 237 g/mol. The van der Waals surface area contributed by atoms with Crippen LogP contribution in [0.2, 0.25) is 5.28 Å². The molecule has 0 spiro atoms. The Labute approximate surface area is 86.7 Å². The van der Waals surface area contributed by atoms with Crippen molar-refractivity contribution in [2.24, 2.45) is 7.05 Å². The zero-order valence-electron chi connectivity index (χ0n) is 7.38. The molecule has 0 N–H and O–H groups in total. The standard InChI is InChI=1S/C7H4ClF3N4/c1-15-2-12-3-4(7(9,10)11)13-6(8)14-5(3)15/h2H,1H3. The summed E-state index contributed by atoms with van der Waals surface area (Å²) < 4.78 is 38.9. The smallest absolute Gasteiger partial charge is 0.318 e. The summed E-state index contributed by atoms with van der Waals surface area (Å²) in [5.74, 6) is 0.